The van der Waals surface area contributed by atoms with Crippen LogP contribution in [0.5, 0.6) is 5.75 Å². The van der Waals surface area contributed by atoms with Gasteiger partial charge in [0.15, 0.2) is 0 Å². The molecule has 0 spiro atoms. The Kier molecular flexibility index (Phi) is 4.44. The minimum atomic E-state index is 0.554. The predicted octanol–water partition coefficient (Wildman–Crippen LogP) is 4.12. The molecule has 0 aliphatic carbocycles. The highest BCUT2D eigenvalue weighted by Gasteiger charge is 2.08. The maximum absolute atomic E-state index is 6.16. The van der Waals surface area contributed by atoms with Gasteiger partial charge in [-0.15, -0.1) is 0 Å². The largest absolute Gasteiger partial charge is 0.496 e. The highest BCUT2D eigenvalue weighted by Crippen LogP contribution is 2.27. The zero-order chi connectivity index (χ0) is 13.0. The van der Waals surface area contributed by atoms with E-state index in [4.69, 9.17) is 16.3 Å². The van der Waals surface area contributed by atoms with E-state index in [1.807, 2.05) is 30.3 Å². The summed E-state index contributed by atoms with van der Waals surface area (Å²) in [5.41, 5.74) is 0.916. The number of rotatable bonds is 4. The summed E-state index contributed by atoms with van der Waals surface area (Å²) in [4.78, 5) is 4.24. The SMILES string of the molecule is COc1cccc(Cl)c1CNc1ncccc1Br. The van der Waals surface area contributed by atoms with Crippen LogP contribution in [0.2, 0.25) is 5.02 Å². The van der Waals surface area contributed by atoms with Crippen molar-refractivity contribution in [2.24, 2.45) is 0 Å². The second kappa shape index (κ2) is 6.07. The van der Waals surface area contributed by atoms with Gasteiger partial charge in [0.2, 0.25) is 0 Å². The lowest BCUT2D eigenvalue weighted by Gasteiger charge is -2.12. The molecule has 0 atom stereocenters. The smallest absolute Gasteiger partial charge is 0.140 e. The molecule has 5 heteroatoms. The predicted molar refractivity (Wildman–Crippen MR) is 77.3 cm³/mol. The van der Waals surface area contributed by atoms with Crippen molar-refractivity contribution in [2.75, 3.05) is 12.4 Å². The molecule has 1 aromatic carbocycles. The first-order valence-electron chi connectivity index (χ1n) is 5.38. The Bertz CT molecular complexity index is 548. The molecule has 0 saturated heterocycles. The number of anilines is 1. The van der Waals surface area contributed by atoms with E-state index in [1.54, 1.807) is 13.3 Å². The third-order valence-corrected chi connectivity index (χ3v) is 3.48. The fraction of sp³-hybridized carbons (Fsp3) is 0.154. The van der Waals surface area contributed by atoms with E-state index >= 15 is 0 Å². The van der Waals surface area contributed by atoms with Gasteiger partial charge in [0.05, 0.1) is 11.6 Å². The van der Waals surface area contributed by atoms with Crippen molar-refractivity contribution in [3.63, 3.8) is 0 Å². The lowest BCUT2D eigenvalue weighted by molar-refractivity contribution is 0.410. The van der Waals surface area contributed by atoms with Crippen LogP contribution in [0.4, 0.5) is 5.82 Å². The Morgan fingerprint density at radius 1 is 1.33 bits per heavy atom. The number of aromatic nitrogens is 1. The van der Waals surface area contributed by atoms with Crippen LogP contribution in [-0.4, -0.2) is 12.1 Å². The zero-order valence-corrected chi connectivity index (χ0v) is 12.1. The molecule has 0 unspecified atom stereocenters. The quantitative estimate of drug-likeness (QED) is 0.917. The molecule has 18 heavy (non-hydrogen) atoms. The van der Waals surface area contributed by atoms with Gasteiger partial charge in [-0.2, -0.15) is 0 Å². The Morgan fingerprint density at radius 3 is 2.89 bits per heavy atom. The van der Waals surface area contributed by atoms with Gasteiger partial charge in [0, 0.05) is 23.3 Å². The van der Waals surface area contributed by atoms with Crippen LogP contribution in [0.1, 0.15) is 5.56 Å². The highest BCUT2D eigenvalue weighted by atomic mass is 79.9. The van der Waals surface area contributed by atoms with Gasteiger partial charge >= 0.3 is 0 Å². The van der Waals surface area contributed by atoms with Crippen LogP contribution < -0.4 is 10.1 Å². The van der Waals surface area contributed by atoms with Gasteiger partial charge in [-0.25, -0.2) is 4.98 Å². The highest BCUT2D eigenvalue weighted by molar-refractivity contribution is 9.10. The molecule has 1 aromatic heterocycles. The number of benzene rings is 1. The van der Waals surface area contributed by atoms with Crippen LogP contribution in [0, 0.1) is 0 Å². The molecule has 1 N–H and O–H groups in total. The molecule has 0 aliphatic heterocycles. The molecule has 94 valence electrons. The Morgan fingerprint density at radius 2 is 2.17 bits per heavy atom. The van der Waals surface area contributed by atoms with E-state index in [2.05, 4.69) is 26.2 Å². The fourth-order valence-electron chi connectivity index (χ4n) is 1.59. The lowest BCUT2D eigenvalue weighted by atomic mass is 10.2. The first kappa shape index (κ1) is 13.2. The topological polar surface area (TPSA) is 34.1 Å². The second-order valence-corrected chi connectivity index (χ2v) is 4.87. The third kappa shape index (κ3) is 2.94. The van der Waals surface area contributed by atoms with E-state index in [-0.39, 0.29) is 0 Å². The Balaban J connectivity index is 2.18. The molecule has 0 saturated carbocycles. The van der Waals surface area contributed by atoms with Gasteiger partial charge in [-0.1, -0.05) is 17.7 Å². The second-order valence-electron chi connectivity index (χ2n) is 3.61. The number of halogens is 2. The summed E-state index contributed by atoms with van der Waals surface area (Å²) in [5.74, 6) is 1.54. The first-order valence-corrected chi connectivity index (χ1v) is 6.55. The normalized spacial score (nSPS) is 10.2. The maximum Gasteiger partial charge on any atom is 0.140 e. The zero-order valence-electron chi connectivity index (χ0n) is 9.78. The first-order chi connectivity index (χ1) is 8.72. The van der Waals surface area contributed by atoms with E-state index in [0.29, 0.717) is 11.6 Å². The molecule has 2 aromatic rings. The van der Waals surface area contributed by atoms with E-state index in [0.717, 1.165) is 21.6 Å². The molecule has 0 fully saturated rings. The summed E-state index contributed by atoms with van der Waals surface area (Å²) >= 11 is 9.60. The monoisotopic (exact) mass is 326 g/mol. The van der Waals surface area contributed by atoms with Crippen LogP contribution in [0.25, 0.3) is 0 Å². The van der Waals surface area contributed by atoms with Gasteiger partial charge in [0.1, 0.15) is 11.6 Å². The minimum Gasteiger partial charge on any atom is -0.496 e. The van der Waals surface area contributed by atoms with Crippen LogP contribution in [-0.2, 0) is 6.54 Å². The van der Waals surface area contributed by atoms with Gasteiger partial charge < -0.3 is 10.1 Å². The number of hydrogen-bond donors (Lipinski definition) is 1. The molecule has 0 aliphatic rings. The Labute approximate surface area is 119 Å². The van der Waals surface area contributed by atoms with Gasteiger partial charge in [0.25, 0.3) is 0 Å². The molecule has 0 radical (unpaired) electrons. The van der Waals surface area contributed by atoms with Crippen LogP contribution in [0.3, 0.4) is 0 Å². The standard InChI is InChI=1S/C13H12BrClN2O/c1-18-12-6-2-5-11(15)9(12)8-17-13-10(14)4-3-7-16-13/h2-7H,8H2,1H3,(H,16,17). The number of hydrogen-bond acceptors (Lipinski definition) is 3. The van der Waals surface area contributed by atoms with Crippen LogP contribution >= 0.6 is 27.5 Å². The molecule has 0 bridgehead atoms. The van der Waals surface area contributed by atoms with Crippen LogP contribution in [0.15, 0.2) is 41.0 Å². The summed E-state index contributed by atoms with van der Waals surface area (Å²) in [5, 5.41) is 3.90. The summed E-state index contributed by atoms with van der Waals surface area (Å²) in [6.07, 6.45) is 1.73. The van der Waals surface area contributed by atoms with E-state index in [1.165, 1.54) is 0 Å². The average Bonchev–Trinajstić information content (AvgIpc) is 2.39. The third-order valence-electron chi connectivity index (χ3n) is 2.49. The van der Waals surface area contributed by atoms with E-state index in [9.17, 15) is 0 Å². The maximum atomic E-state index is 6.16. The molecule has 0 amide bonds. The summed E-state index contributed by atoms with van der Waals surface area (Å²) in [6.45, 7) is 0.554. The molecule has 2 rings (SSSR count). The lowest BCUT2D eigenvalue weighted by Crippen LogP contribution is -2.04. The van der Waals surface area contributed by atoms with Gasteiger partial charge in [-0.3, -0.25) is 0 Å². The number of nitrogens with one attached hydrogen (secondary N) is 1. The van der Waals surface area contributed by atoms with Crippen molar-refractivity contribution in [3.8, 4) is 5.75 Å². The number of methoxy groups -OCH3 is 1. The van der Waals surface area contributed by atoms with E-state index < -0.39 is 0 Å². The number of pyridine rings is 1. The van der Waals surface area contributed by atoms with Crippen molar-refractivity contribution in [1.82, 2.24) is 4.98 Å². The number of ether oxygens (including phenoxy) is 1. The summed E-state index contributed by atoms with van der Waals surface area (Å²) in [7, 11) is 1.63. The summed E-state index contributed by atoms with van der Waals surface area (Å²) in [6, 6.07) is 9.39. The minimum absolute atomic E-state index is 0.554. The molecular weight excluding hydrogens is 316 g/mol. The van der Waals surface area contributed by atoms with Crippen molar-refractivity contribution < 1.29 is 4.74 Å². The van der Waals surface area contributed by atoms with Crippen molar-refractivity contribution in [2.45, 2.75) is 6.54 Å². The summed E-state index contributed by atoms with van der Waals surface area (Å²) < 4.78 is 6.20. The van der Waals surface area contributed by atoms with Crippen molar-refractivity contribution in [1.29, 1.82) is 0 Å². The van der Waals surface area contributed by atoms with Gasteiger partial charge in [-0.05, 0) is 40.2 Å². The average molecular weight is 328 g/mol. The van der Waals surface area contributed by atoms with Crippen molar-refractivity contribution >= 4 is 33.3 Å². The fourth-order valence-corrected chi connectivity index (χ4v) is 2.22. The Hall–Kier alpha value is -1.26. The molecule has 3 nitrogen and oxygen atoms in total. The molecule has 1 heterocycles. The molecular formula is C13H12BrClN2O. The van der Waals surface area contributed by atoms with Crippen molar-refractivity contribution in [3.05, 3.63) is 51.6 Å². The number of nitrogens with zero attached hydrogens (tertiary/aromatic N) is 1.